The van der Waals surface area contributed by atoms with Crippen molar-refractivity contribution in [2.24, 2.45) is 0 Å². The molecule has 0 saturated heterocycles. The average molecular weight is 287 g/mol. The Bertz CT molecular complexity index is 797. The highest BCUT2D eigenvalue weighted by molar-refractivity contribution is 6.32. The molecule has 0 unspecified atom stereocenters. The summed E-state index contributed by atoms with van der Waals surface area (Å²) in [7, 11) is 0. The Morgan fingerprint density at radius 1 is 1.40 bits per heavy atom. The summed E-state index contributed by atoms with van der Waals surface area (Å²) in [6, 6.07) is 7.25. The number of halogens is 1. The number of nitrogens with one attached hydrogen (secondary N) is 1. The molecule has 0 aliphatic heterocycles. The molecule has 0 atom stereocenters. The number of hydrogen-bond donors (Lipinski definition) is 1. The van der Waals surface area contributed by atoms with Crippen LogP contribution in [0.15, 0.2) is 42.9 Å². The fraction of sp³-hybridized carbons (Fsp3) is 0.0714. The van der Waals surface area contributed by atoms with Crippen molar-refractivity contribution < 1.29 is 4.79 Å². The molecule has 0 radical (unpaired) electrons. The molecule has 1 amide bonds. The van der Waals surface area contributed by atoms with Crippen molar-refractivity contribution in [3.8, 4) is 0 Å². The van der Waals surface area contributed by atoms with Gasteiger partial charge in [-0.15, -0.1) is 0 Å². The highest BCUT2D eigenvalue weighted by Crippen LogP contribution is 2.18. The Morgan fingerprint density at radius 2 is 2.25 bits per heavy atom. The Labute approximate surface area is 120 Å². The van der Waals surface area contributed by atoms with Crippen molar-refractivity contribution in [1.29, 1.82) is 0 Å². The maximum atomic E-state index is 12.1. The van der Waals surface area contributed by atoms with Gasteiger partial charge in [0, 0.05) is 18.6 Å². The maximum Gasteiger partial charge on any atom is 0.275 e. The van der Waals surface area contributed by atoms with Crippen molar-refractivity contribution in [3.05, 3.63) is 59.3 Å². The van der Waals surface area contributed by atoms with Gasteiger partial charge in [-0.1, -0.05) is 11.6 Å². The third-order valence-corrected chi connectivity index (χ3v) is 3.16. The van der Waals surface area contributed by atoms with Gasteiger partial charge < -0.3 is 9.72 Å². The first-order valence-corrected chi connectivity index (χ1v) is 6.38. The van der Waals surface area contributed by atoms with Gasteiger partial charge in [0.15, 0.2) is 5.15 Å². The van der Waals surface area contributed by atoms with Crippen LogP contribution in [0.25, 0.3) is 5.65 Å². The van der Waals surface area contributed by atoms with E-state index in [4.69, 9.17) is 11.6 Å². The smallest absolute Gasteiger partial charge is 0.275 e. The molecule has 3 aromatic rings. The van der Waals surface area contributed by atoms with E-state index in [1.807, 2.05) is 25.3 Å². The second kappa shape index (κ2) is 4.94. The minimum atomic E-state index is -0.318. The zero-order valence-corrected chi connectivity index (χ0v) is 11.4. The zero-order chi connectivity index (χ0) is 14.1. The standard InChI is InChI=1S/C14H11ClN4O/c1-9-4-6-19-8-11(17-12(19)7-9)14(20)18-10-3-2-5-16-13(10)15/h2-8H,1H3,(H,18,20). The summed E-state index contributed by atoms with van der Waals surface area (Å²) >= 11 is 5.90. The SMILES string of the molecule is Cc1ccn2cc(C(=O)Nc3cccnc3Cl)nc2c1. The van der Waals surface area contributed by atoms with Crippen molar-refractivity contribution in [1.82, 2.24) is 14.4 Å². The van der Waals surface area contributed by atoms with E-state index in [2.05, 4.69) is 15.3 Å². The number of fused-ring (bicyclic) bond motifs is 1. The van der Waals surface area contributed by atoms with Crippen LogP contribution >= 0.6 is 11.6 Å². The molecule has 3 rings (SSSR count). The number of anilines is 1. The average Bonchev–Trinajstić information content (AvgIpc) is 2.84. The normalized spacial score (nSPS) is 10.7. The molecule has 0 aliphatic carbocycles. The van der Waals surface area contributed by atoms with Gasteiger partial charge in [-0.3, -0.25) is 4.79 Å². The molecule has 0 bridgehead atoms. The number of aromatic nitrogens is 3. The van der Waals surface area contributed by atoms with Gasteiger partial charge in [-0.05, 0) is 36.8 Å². The molecule has 1 N–H and O–H groups in total. The lowest BCUT2D eigenvalue weighted by molar-refractivity contribution is 0.102. The van der Waals surface area contributed by atoms with Crippen LogP contribution in [0.3, 0.4) is 0 Å². The van der Waals surface area contributed by atoms with E-state index in [1.54, 1.807) is 28.9 Å². The highest BCUT2D eigenvalue weighted by Gasteiger charge is 2.12. The largest absolute Gasteiger partial charge is 0.318 e. The van der Waals surface area contributed by atoms with Crippen LogP contribution in [0.4, 0.5) is 5.69 Å². The predicted octanol–water partition coefficient (Wildman–Crippen LogP) is 2.94. The van der Waals surface area contributed by atoms with Gasteiger partial charge in [0.05, 0.1) is 5.69 Å². The van der Waals surface area contributed by atoms with Crippen LogP contribution in [0.2, 0.25) is 5.15 Å². The Balaban J connectivity index is 1.91. The predicted molar refractivity (Wildman–Crippen MR) is 77.1 cm³/mol. The molecule has 3 heterocycles. The lowest BCUT2D eigenvalue weighted by Gasteiger charge is -2.03. The van der Waals surface area contributed by atoms with E-state index in [-0.39, 0.29) is 11.1 Å². The second-order valence-electron chi connectivity index (χ2n) is 4.39. The number of rotatable bonds is 2. The first kappa shape index (κ1) is 12.6. The summed E-state index contributed by atoms with van der Waals surface area (Å²) in [6.07, 6.45) is 5.10. The minimum Gasteiger partial charge on any atom is -0.318 e. The summed E-state index contributed by atoms with van der Waals surface area (Å²) in [5.41, 5.74) is 2.61. The lowest BCUT2D eigenvalue weighted by Crippen LogP contribution is -2.12. The number of amides is 1. The maximum absolute atomic E-state index is 12.1. The van der Waals surface area contributed by atoms with E-state index < -0.39 is 0 Å². The Morgan fingerprint density at radius 3 is 3.05 bits per heavy atom. The third kappa shape index (κ3) is 2.35. The molecule has 20 heavy (non-hydrogen) atoms. The van der Waals surface area contributed by atoms with E-state index in [9.17, 15) is 4.79 Å². The Hall–Kier alpha value is -2.40. The molecular formula is C14H11ClN4O. The molecule has 0 saturated carbocycles. The third-order valence-electron chi connectivity index (χ3n) is 2.86. The summed E-state index contributed by atoms with van der Waals surface area (Å²) in [5.74, 6) is -0.318. The van der Waals surface area contributed by atoms with Crippen LogP contribution in [-0.4, -0.2) is 20.3 Å². The number of aryl methyl sites for hydroxylation is 1. The molecule has 0 aromatic carbocycles. The fourth-order valence-corrected chi connectivity index (χ4v) is 2.03. The van der Waals surface area contributed by atoms with Crippen molar-refractivity contribution in [3.63, 3.8) is 0 Å². The summed E-state index contributed by atoms with van der Waals surface area (Å²) in [5, 5.41) is 2.94. The van der Waals surface area contributed by atoms with Gasteiger partial charge in [-0.2, -0.15) is 0 Å². The Kier molecular flexibility index (Phi) is 3.12. The number of carbonyl (C=O) groups is 1. The van der Waals surface area contributed by atoms with Crippen LogP contribution in [0, 0.1) is 6.92 Å². The second-order valence-corrected chi connectivity index (χ2v) is 4.75. The van der Waals surface area contributed by atoms with Crippen molar-refractivity contribution in [2.45, 2.75) is 6.92 Å². The number of carbonyl (C=O) groups excluding carboxylic acids is 1. The summed E-state index contributed by atoms with van der Waals surface area (Å²) < 4.78 is 1.80. The van der Waals surface area contributed by atoms with Crippen LogP contribution in [-0.2, 0) is 0 Å². The topological polar surface area (TPSA) is 59.3 Å². The first-order chi connectivity index (χ1) is 9.63. The van der Waals surface area contributed by atoms with E-state index >= 15 is 0 Å². The first-order valence-electron chi connectivity index (χ1n) is 6.01. The molecule has 6 heteroatoms. The monoisotopic (exact) mass is 286 g/mol. The van der Waals surface area contributed by atoms with Crippen LogP contribution in [0.5, 0.6) is 0 Å². The number of pyridine rings is 2. The van der Waals surface area contributed by atoms with E-state index in [1.165, 1.54) is 0 Å². The quantitative estimate of drug-likeness (QED) is 0.737. The number of nitrogens with zero attached hydrogens (tertiary/aromatic N) is 3. The molecule has 0 spiro atoms. The highest BCUT2D eigenvalue weighted by atomic mass is 35.5. The molecule has 100 valence electrons. The lowest BCUT2D eigenvalue weighted by atomic mass is 10.3. The van der Waals surface area contributed by atoms with Gasteiger partial charge in [0.25, 0.3) is 5.91 Å². The van der Waals surface area contributed by atoms with Gasteiger partial charge in [-0.25, -0.2) is 9.97 Å². The summed E-state index contributed by atoms with van der Waals surface area (Å²) in [4.78, 5) is 20.3. The van der Waals surface area contributed by atoms with E-state index in [0.717, 1.165) is 11.2 Å². The van der Waals surface area contributed by atoms with Gasteiger partial charge >= 0.3 is 0 Å². The van der Waals surface area contributed by atoms with Gasteiger partial charge in [0.1, 0.15) is 11.3 Å². The number of imidazole rings is 1. The van der Waals surface area contributed by atoms with Crippen LogP contribution < -0.4 is 5.32 Å². The van der Waals surface area contributed by atoms with Crippen LogP contribution in [0.1, 0.15) is 16.1 Å². The summed E-state index contributed by atoms with van der Waals surface area (Å²) in [6.45, 7) is 1.98. The minimum absolute atomic E-state index is 0.250. The molecule has 0 aliphatic rings. The van der Waals surface area contributed by atoms with Gasteiger partial charge in [0.2, 0.25) is 0 Å². The van der Waals surface area contributed by atoms with E-state index in [0.29, 0.717) is 11.4 Å². The number of hydrogen-bond acceptors (Lipinski definition) is 3. The fourth-order valence-electron chi connectivity index (χ4n) is 1.86. The van der Waals surface area contributed by atoms with Crippen molar-refractivity contribution in [2.75, 3.05) is 5.32 Å². The molecule has 5 nitrogen and oxygen atoms in total. The molecule has 3 aromatic heterocycles. The van der Waals surface area contributed by atoms with Crippen molar-refractivity contribution >= 4 is 28.8 Å². The zero-order valence-electron chi connectivity index (χ0n) is 10.7. The molecule has 0 fully saturated rings. The molecular weight excluding hydrogens is 276 g/mol.